The smallest absolute Gasteiger partial charge is 0.277 e. The standard InChI is InChI=1S/C26H25N3O2/c1-19-12-20(2)14-23(13-19)31-18-26(30)28-27-15-22-17-29(16-21-8-4-3-5-9-21)25-11-7-6-10-24(22)25/h3-15,17H,16,18H2,1-2H3,(H,28,30)/b27-15-. The van der Waals surface area contributed by atoms with Gasteiger partial charge in [-0.05, 0) is 48.7 Å². The van der Waals surface area contributed by atoms with Crippen molar-refractivity contribution in [1.29, 1.82) is 0 Å². The molecule has 4 rings (SSSR count). The summed E-state index contributed by atoms with van der Waals surface area (Å²) in [6.45, 7) is 4.68. The Bertz CT molecular complexity index is 1210. The molecule has 0 radical (unpaired) electrons. The number of amides is 1. The molecule has 5 nitrogen and oxygen atoms in total. The van der Waals surface area contributed by atoms with Crippen molar-refractivity contribution >= 4 is 23.0 Å². The van der Waals surface area contributed by atoms with Crippen LogP contribution in [0.2, 0.25) is 0 Å². The molecule has 31 heavy (non-hydrogen) atoms. The number of hydrogen-bond donors (Lipinski definition) is 1. The van der Waals surface area contributed by atoms with Crippen LogP contribution in [0.3, 0.4) is 0 Å². The first kappa shape index (κ1) is 20.4. The van der Waals surface area contributed by atoms with Gasteiger partial charge in [0.15, 0.2) is 6.61 Å². The molecular weight excluding hydrogens is 386 g/mol. The highest BCUT2D eigenvalue weighted by molar-refractivity contribution is 5.99. The zero-order valence-electron chi connectivity index (χ0n) is 17.7. The van der Waals surface area contributed by atoms with Gasteiger partial charge in [-0.3, -0.25) is 4.79 Å². The van der Waals surface area contributed by atoms with Crippen molar-refractivity contribution in [1.82, 2.24) is 9.99 Å². The molecule has 0 aliphatic carbocycles. The Morgan fingerprint density at radius 1 is 1.00 bits per heavy atom. The van der Waals surface area contributed by atoms with E-state index in [-0.39, 0.29) is 12.5 Å². The van der Waals surface area contributed by atoms with Crippen LogP contribution in [0.25, 0.3) is 10.9 Å². The zero-order valence-corrected chi connectivity index (χ0v) is 17.7. The largest absolute Gasteiger partial charge is 0.484 e. The van der Waals surface area contributed by atoms with E-state index in [1.165, 1.54) is 5.56 Å². The second-order valence-corrected chi connectivity index (χ2v) is 7.62. The van der Waals surface area contributed by atoms with Crippen molar-refractivity contribution in [2.75, 3.05) is 6.61 Å². The van der Waals surface area contributed by atoms with Crippen molar-refractivity contribution in [3.8, 4) is 5.75 Å². The van der Waals surface area contributed by atoms with Crippen LogP contribution in [0.15, 0.2) is 84.1 Å². The molecule has 1 N–H and O–H groups in total. The maximum atomic E-state index is 12.1. The molecule has 0 bridgehead atoms. The number of hydrazone groups is 1. The lowest BCUT2D eigenvalue weighted by Crippen LogP contribution is -2.24. The van der Waals surface area contributed by atoms with E-state index in [2.05, 4.69) is 51.6 Å². The number of benzene rings is 3. The maximum absolute atomic E-state index is 12.1. The van der Waals surface area contributed by atoms with Crippen LogP contribution < -0.4 is 10.2 Å². The third kappa shape index (κ3) is 5.20. The lowest BCUT2D eigenvalue weighted by Gasteiger charge is -2.07. The lowest BCUT2D eigenvalue weighted by molar-refractivity contribution is -0.123. The van der Waals surface area contributed by atoms with Crippen LogP contribution >= 0.6 is 0 Å². The van der Waals surface area contributed by atoms with Crippen LogP contribution in [-0.4, -0.2) is 23.3 Å². The number of nitrogens with zero attached hydrogens (tertiary/aromatic N) is 2. The third-order valence-electron chi connectivity index (χ3n) is 4.97. The molecule has 0 fully saturated rings. The van der Waals surface area contributed by atoms with Gasteiger partial charge in [0.2, 0.25) is 0 Å². The highest BCUT2D eigenvalue weighted by atomic mass is 16.5. The molecule has 0 atom stereocenters. The Morgan fingerprint density at radius 3 is 2.48 bits per heavy atom. The van der Waals surface area contributed by atoms with Crippen LogP contribution in [-0.2, 0) is 11.3 Å². The molecule has 1 amide bonds. The summed E-state index contributed by atoms with van der Waals surface area (Å²) in [6, 6.07) is 24.4. The molecule has 0 spiro atoms. The van der Waals surface area contributed by atoms with Gasteiger partial charge in [0, 0.05) is 29.2 Å². The second kappa shape index (κ2) is 9.30. The minimum Gasteiger partial charge on any atom is -0.484 e. The summed E-state index contributed by atoms with van der Waals surface area (Å²) in [5.74, 6) is 0.379. The molecule has 0 saturated carbocycles. The van der Waals surface area contributed by atoms with Crippen LogP contribution in [0, 0.1) is 13.8 Å². The number of fused-ring (bicyclic) bond motifs is 1. The van der Waals surface area contributed by atoms with E-state index in [0.717, 1.165) is 34.1 Å². The predicted octanol–water partition coefficient (Wildman–Crippen LogP) is 4.84. The van der Waals surface area contributed by atoms with Crippen LogP contribution in [0.4, 0.5) is 0 Å². The molecule has 156 valence electrons. The number of para-hydroxylation sites is 1. The van der Waals surface area contributed by atoms with Gasteiger partial charge >= 0.3 is 0 Å². The summed E-state index contributed by atoms with van der Waals surface area (Å²) < 4.78 is 7.77. The molecule has 1 aromatic heterocycles. The van der Waals surface area contributed by atoms with Gasteiger partial charge in [0.1, 0.15) is 5.75 Å². The predicted molar refractivity (Wildman–Crippen MR) is 125 cm³/mol. The summed E-state index contributed by atoms with van der Waals surface area (Å²) in [4.78, 5) is 12.1. The molecule has 5 heteroatoms. The van der Waals surface area contributed by atoms with E-state index >= 15 is 0 Å². The van der Waals surface area contributed by atoms with Crippen molar-refractivity contribution in [3.63, 3.8) is 0 Å². The molecule has 0 saturated heterocycles. The number of carbonyl (C=O) groups is 1. The number of carbonyl (C=O) groups excluding carboxylic acids is 1. The number of ether oxygens (including phenoxy) is 1. The molecule has 0 aliphatic rings. The average Bonchev–Trinajstić information content (AvgIpc) is 3.10. The van der Waals surface area contributed by atoms with Crippen LogP contribution in [0.1, 0.15) is 22.3 Å². The number of aryl methyl sites for hydroxylation is 2. The Balaban J connectivity index is 1.42. The van der Waals surface area contributed by atoms with Gasteiger partial charge in [0.25, 0.3) is 5.91 Å². The van der Waals surface area contributed by atoms with E-state index in [0.29, 0.717) is 5.75 Å². The first-order chi connectivity index (χ1) is 15.1. The summed E-state index contributed by atoms with van der Waals surface area (Å²) in [6.07, 6.45) is 3.73. The molecule has 3 aromatic carbocycles. The van der Waals surface area contributed by atoms with Crippen molar-refractivity contribution < 1.29 is 9.53 Å². The van der Waals surface area contributed by atoms with Gasteiger partial charge in [-0.1, -0.05) is 54.6 Å². The minimum absolute atomic E-state index is 0.0873. The Kier molecular flexibility index (Phi) is 6.13. The van der Waals surface area contributed by atoms with E-state index in [9.17, 15) is 4.79 Å². The first-order valence-electron chi connectivity index (χ1n) is 10.2. The molecule has 0 unspecified atom stereocenters. The molecular formula is C26H25N3O2. The van der Waals surface area contributed by atoms with Gasteiger partial charge in [-0.2, -0.15) is 5.10 Å². The minimum atomic E-state index is -0.302. The molecule has 1 heterocycles. The van der Waals surface area contributed by atoms with Crippen LogP contribution in [0.5, 0.6) is 5.75 Å². The monoisotopic (exact) mass is 411 g/mol. The zero-order chi connectivity index (χ0) is 21.6. The van der Waals surface area contributed by atoms with Gasteiger partial charge in [0.05, 0.1) is 6.21 Å². The molecule has 4 aromatic rings. The van der Waals surface area contributed by atoms with Crippen molar-refractivity contribution in [2.24, 2.45) is 5.10 Å². The molecule has 0 aliphatic heterocycles. The van der Waals surface area contributed by atoms with Gasteiger partial charge in [-0.25, -0.2) is 5.43 Å². The quantitative estimate of drug-likeness (QED) is 0.350. The van der Waals surface area contributed by atoms with Gasteiger partial charge < -0.3 is 9.30 Å². The Hall–Kier alpha value is -3.86. The summed E-state index contributed by atoms with van der Waals surface area (Å²) >= 11 is 0. The SMILES string of the molecule is Cc1cc(C)cc(OCC(=O)N/N=C\c2cn(Cc3ccccc3)c3ccccc23)c1. The van der Waals surface area contributed by atoms with E-state index < -0.39 is 0 Å². The first-order valence-corrected chi connectivity index (χ1v) is 10.2. The van der Waals surface area contributed by atoms with E-state index in [4.69, 9.17) is 4.74 Å². The number of aromatic nitrogens is 1. The maximum Gasteiger partial charge on any atom is 0.277 e. The van der Waals surface area contributed by atoms with E-state index in [1.807, 2.05) is 56.3 Å². The fraction of sp³-hybridized carbons (Fsp3) is 0.154. The fourth-order valence-electron chi connectivity index (χ4n) is 3.66. The third-order valence-corrected chi connectivity index (χ3v) is 4.97. The van der Waals surface area contributed by atoms with Gasteiger partial charge in [-0.15, -0.1) is 0 Å². The Morgan fingerprint density at radius 2 is 1.71 bits per heavy atom. The normalized spacial score (nSPS) is 11.2. The van der Waals surface area contributed by atoms with Crippen molar-refractivity contribution in [3.05, 3.63) is 101 Å². The summed E-state index contributed by atoms with van der Waals surface area (Å²) in [5, 5.41) is 5.23. The summed E-state index contributed by atoms with van der Waals surface area (Å²) in [7, 11) is 0. The number of rotatable bonds is 7. The topological polar surface area (TPSA) is 55.6 Å². The average molecular weight is 412 g/mol. The highest BCUT2D eigenvalue weighted by Gasteiger charge is 2.08. The second-order valence-electron chi connectivity index (χ2n) is 7.62. The summed E-state index contributed by atoms with van der Waals surface area (Å²) in [5.41, 5.74) is 8.04. The Labute approximate surface area is 182 Å². The fourth-order valence-corrected chi connectivity index (χ4v) is 3.66. The highest BCUT2D eigenvalue weighted by Crippen LogP contribution is 2.21. The van der Waals surface area contributed by atoms with E-state index in [1.54, 1.807) is 6.21 Å². The number of hydrogen-bond acceptors (Lipinski definition) is 3. The van der Waals surface area contributed by atoms with Crippen molar-refractivity contribution in [2.45, 2.75) is 20.4 Å². The number of nitrogens with one attached hydrogen (secondary N) is 1. The lowest BCUT2D eigenvalue weighted by atomic mass is 10.1.